The summed E-state index contributed by atoms with van der Waals surface area (Å²) in [6.07, 6.45) is 4.56. The summed E-state index contributed by atoms with van der Waals surface area (Å²) in [5.74, 6) is -0.372. The van der Waals surface area contributed by atoms with Crippen LogP contribution in [0.2, 0.25) is 0 Å². The van der Waals surface area contributed by atoms with E-state index in [0.717, 1.165) is 25.5 Å². The minimum Gasteiger partial charge on any atom is -0.462 e. The zero-order chi connectivity index (χ0) is 10.8. The third-order valence-corrected chi connectivity index (χ3v) is 1.83. The highest BCUT2D eigenvalue weighted by atomic mass is 16.5. The number of unbranched alkanes of at least 4 members (excludes halogenated alkanes) is 2. The smallest absolute Gasteiger partial charge is 0.333 e. The fourth-order valence-electron chi connectivity index (χ4n) is 0.954. The van der Waals surface area contributed by atoms with Gasteiger partial charge in [-0.05, 0) is 12.8 Å². The van der Waals surface area contributed by atoms with E-state index >= 15 is 0 Å². The number of hydrogen-bond acceptors (Lipinski definition) is 3. The third kappa shape index (κ3) is 6.40. The Labute approximate surface area is 85.1 Å². The molecule has 0 bridgehead atoms. The topological polar surface area (TPSA) is 43.4 Å². The Morgan fingerprint density at radius 2 is 2.14 bits per heavy atom. The standard InChI is InChI=1S/C11H18O3/c1-3-4-5-9-14-11(13)10(2)7-6-8-12/h8H,2-7,9H2,1H3. The second-order valence-electron chi connectivity index (χ2n) is 3.15. The van der Waals surface area contributed by atoms with Gasteiger partial charge in [-0.25, -0.2) is 4.79 Å². The summed E-state index contributed by atoms with van der Waals surface area (Å²) in [7, 11) is 0. The molecule has 0 aliphatic heterocycles. The van der Waals surface area contributed by atoms with Crippen LogP contribution in [0.15, 0.2) is 12.2 Å². The van der Waals surface area contributed by atoms with E-state index in [4.69, 9.17) is 4.74 Å². The number of hydrogen-bond donors (Lipinski definition) is 0. The summed E-state index contributed by atoms with van der Waals surface area (Å²) >= 11 is 0. The lowest BCUT2D eigenvalue weighted by molar-refractivity contribution is -0.139. The van der Waals surface area contributed by atoms with E-state index in [-0.39, 0.29) is 5.97 Å². The first-order chi connectivity index (χ1) is 6.72. The molecule has 0 aliphatic carbocycles. The van der Waals surface area contributed by atoms with Gasteiger partial charge in [0.1, 0.15) is 6.29 Å². The second-order valence-corrected chi connectivity index (χ2v) is 3.15. The second kappa shape index (κ2) is 8.48. The minimum atomic E-state index is -0.372. The number of ether oxygens (including phenoxy) is 1. The number of aldehydes is 1. The maximum absolute atomic E-state index is 11.2. The Morgan fingerprint density at radius 1 is 1.43 bits per heavy atom. The van der Waals surface area contributed by atoms with Gasteiger partial charge in [0.25, 0.3) is 0 Å². The predicted molar refractivity (Wildman–Crippen MR) is 54.9 cm³/mol. The number of rotatable bonds is 8. The first-order valence-corrected chi connectivity index (χ1v) is 5.01. The average Bonchev–Trinajstić information content (AvgIpc) is 2.20. The summed E-state index contributed by atoms with van der Waals surface area (Å²) in [6, 6.07) is 0. The van der Waals surface area contributed by atoms with Crippen molar-refractivity contribution < 1.29 is 14.3 Å². The molecule has 0 unspecified atom stereocenters. The zero-order valence-corrected chi connectivity index (χ0v) is 8.75. The largest absolute Gasteiger partial charge is 0.462 e. The predicted octanol–water partition coefficient (Wildman–Crippen LogP) is 2.26. The van der Waals surface area contributed by atoms with Gasteiger partial charge in [0, 0.05) is 12.0 Å². The van der Waals surface area contributed by atoms with E-state index < -0.39 is 0 Å². The van der Waals surface area contributed by atoms with Crippen LogP contribution in [0.1, 0.15) is 39.0 Å². The van der Waals surface area contributed by atoms with Gasteiger partial charge in [0.05, 0.1) is 6.61 Å². The number of esters is 1. The fourth-order valence-corrected chi connectivity index (χ4v) is 0.954. The molecule has 0 saturated heterocycles. The highest BCUT2D eigenvalue weighted by molar-refractivity contribution is 5.87. The normalized spacial score (nSPS) is 9.50. The Bertz CT molecular complexity index is 197. The molecular formula is C11H18O3. The van der Waals surface area contributed by atoms with Crippen molar-refractivity contribution >= 4 is 12.3 Å². The van der Waals surface area contributed by atoms with Crippen LogP contribution in [0, 0.1) is 0 Å². The molecule has 0 fully saturated rings. The fraction of sp³-hybridized carbons (Fsp3) is 0.636. The van der Waals surface area contributed by atoms with Crippen molar-refractivity contribution in [2.45, 2.75) is 39.0 Å². The van der Waals surface area contributed by atoms with Gasteiger partial charge >= 0.3 is 5.97 Å². The van der Waals surface area contributed by atoms with Crippen LogP contribution >= 0.6 is 0 Å². The highest BCUT2D eigenvalue weighted by Gasteiger charge is 2.06. The van der Waals surface area contributed by atoms with E-state index in [0.29, 0.717) is 25.0 Å². The molecule has 0 atom stereocenters. The number of carbonyl (C=O) groups excluding carboxylic acids is 2. The molecule has 0 aromatic carbocycles. The van der Waals surface area contributed by atoms with Gasteiger partial charge < -0.3 is 9.53 Å². The van der Waals surface area contributed by atoms with Gasteiger partial charge in [0.2, 0.25) is 0 Å². The van der Waals surface area contributed by atoms with Crippen LogP contribution in [0.3, 0.4) is 0 Å². The summed E-state index contributed by atoms with van der Waals surface area (Å²) in [5.41, 5.74) is 0.383. The summed E-state index contributed by atoms with van der Waals surface area (Å²) < 4.78 is 4.95. The van der Waals surface area contributed by atoms with Crippen LogP contribution in [0.4, 0.5) is 0 Å². The lowest BCUT2D eigenvalue weighted by Gasteiger charge is -2.04. The molecule has 0 aromatic rings. The summed E-state index contributed by atoms with van der Waals surface area (Å²) in [5, 5.41) is 0. The van der Waals surface area contributed by atoms with Crippen LogP contribution < -0.4 is 0 Å². The van der Waals surface area contributed by atoms with Crippen molar-refractivity contribution in [3.63, 3.8) is 0 Å². The Kier molecular flexibility index (Phi) is 7.80. The molecule has 14 heavy (non-hydrogen) atoms. The number of carbonyl (C=O) groups is 2. The lowest BCUT2D eigenvalue weighted by Crippen LogP contribution is -2.08. The van der Waals surface area contributed by atoms with E-state index in [2.05, 4.69) is 13.5 Å². The van der Waals surface area contributed by atoms with Crippen molar-refractivity contribution in [3.8, 4) is 0 Å². The Hall–Kier alpha value is -1.12. The molecule has 0 amide bonds. The molecular weight excluding hydrogens is 180 g/mol. The maximum atomic E-state index is 11.2. The lowest BCUT2D eigenvalue weighted by atomic mass is 10.2. The van der Waals surface area contributed by atoms with Crippen molar-refractivity contribution in [3.05, 3.63) is 12.2 Å². The molecule has 0 aromatic heterocycles. The van der Waals surface area contributed by atoms with Crippen molar-refractivity contribution in [1.82, 2.24) is 0 Å². The van der Waals surface area contributed by atoms with Gasteiger partial charge in [-0.15, -0.1) is 0 Å². The first kappa shape index (κ1) is 12.9. The molecule has 0 radical (unpaired) electrons. The monoisotopic (exact) mass is 198 g/mol. The highest BCUT2D eigenvalue weighted by Crippen LogP contribution is 2.04. The van der Waals surface area contributed by atoms with E-state index in [9.17, 15) is 9.59 Å². The van der Waals surface area contributed by atoms with Crippen molar-refractivity contribution in [1.29, 1.82) is 0 Å². The average molecular weight is 198 g/mol. The van der Waals surface area contributed by atoms with E-state index in [1.807, 2.05) is 0 Å². The molecule has 0 rings (SSSR count). The Balaban J connectivity index is 3.52. The van der Waals surface area contributed by atoms with Gasteiger partial charge in [-0.3, -0.25) is 0 Å². The summed E-state index contributed by atoms with van der Waals surface area (Å²) in [4.78, 5) is 21.2. The molecule has 0 saturated carbocycles. The minimum absolute atomic E-state index is 0.336. The van der Waals surface area contributed by atoms with Crippen LogP contribution in [0.25, 0.3) is 0 Å². The summed E-state index contributed by atoms with van der Waals surface area (Å²) in [6.45, 7) is 6.10. The molecule has 80 valence electrons. The molecule has 3 nitrogen and oxygen atoms in total. The SMILES string of the molecule is C=C(CCC=O)C(=O)OCCCCC. The Morgan fingerprint density at radius 3 is 2.71 bits per heavy atom. The zero-order valence-electron chi connectivity index (χ0n) is 8.75. The molecule has 0 spiro atoms. The van der Waals surface area contributed by atoms with Crippen LogP contribution in [-0.4, -0.2) is 18.9 Å². The van der Waals surface area contributed by atoms with Crippen LogP contribution in [-0.2, 0) is 14.3 Å². The van der Waals surface area contributed by atoms with Gasteiger partial charge in [-0.2, -0.15) is 0 Å². The van der Waals surface area contributed by atoms with Gasteiger partial charge in [-0.1, -0.05) is 26.3 Å². The molecule has 3 heteroatoms. The van der Waals surface area contributed by atoms with Crippen molar-refractivity contribution in [2.24, 2.45) is 0 Å². The van der Waals surface area contributed by atoms with E-state index in [1.165, 1.54) is 0 Å². The van der Waals surface area contributed by atoms with E-state index in [1.54, 1.807) is 0 Å². The maximum Gasteiger partial charge on any atom is 0.333 e. The van der Waals surface area contributed by atoms with Crippen molar-refractivity contribution in [2.75, 3.05) is 6.61 Å². The molecule has 0 aliphatic rings. The quantitative estimate of drug-likeness (QED) is 0.260. The van der Waals surface area contributed by atoms with Crippen LogP contribution in [0.5, 0.6) is 0 Å². The molecule has 0 N–H and O–H groups in total. The third-order valence-electron chi connectivity index (χ3n) is 1.83. The molecule has 0 heterocycles. The van der Waals surface area contributed by atoms with Gasteiger partial charge in [0.15, 0.2) is 0 Å². The first-order valence-electron chi connectivity index (χ1n) is 5.01.